The van der Waals surface area contributed by atoms with Gasteiger partial charge in [-0.2, -0.15) is 0 Å². The SMILES string of the molecule is CNC(=O)[C@H](C)N(Cc1ccccc1Cl)C(=O)COc1ccccc1OC. The molecule has 0 saturated carbocycles. The van der Waals surface area contributed by atoms with Crippen LogP contribution in [0.5, 0.6) is 11.5 Å². The average Bonchev–Trinajstić information content (AvgIpc) is 2.70. The fraction of sp³-hybridized carbons (Fsp3) is 0.300. The molecule has 1 atom stereocenters. The van der Waals surface area contributed by atoms with E-state index in [0.29, 0.717) is 16.5 Å². The minimum absolute atomic E-state index is 0.197. The largest absolute Gasteiger partial charge is 0.493 e. The summed E-state index contributed by atoms with van der Waals surface area (Å²) in [5.74, 6) is 0.380. The van der Waals surface area contributed by atoms with Crippen LogP contribution < -0.4 is 14.8 Å². The number of amides is 2. The molecule has 0 spiro atoms. The number of rotatable bonds is 8. The third-order valence-electron chi connectivity index (χ3n) is 4.13. The smallest absolute Gasteiger partial charge is 0.261 e. The van der Waals surface area contributed by atoms with Gasteiger partial charge < -0.3 is 19.7 Å². The molecule has 0 fully saturated rings. The maximum Gasteiger partial charge on any atom is 0.261 e. The zero-order chi connectivity index (χ0) is 19.8. The third kappa shape index (κ3) is 5.37. The molecule has 2 aromatic carbocycles. The standard InChI is InChI=1S/C20H23ClN2O4/c1-14(20(25)22-2)23(12-15-8-4-5-9-16(15)21)19(24)13-27-18-11-7-6-10-17(18)26-3/h4-11,14H,12-13H2,1-3H3,(H,22,25)/t14-/m0/s1. The first kappa shape index (κ1) is 20.6. The number of nitrogens with one attached hydrogen (secondary N) is 1. The average molecular weight is 391 g/mol. The van der Waals surface area contributed by atoms with Crippen LogP contribution in [0.15, 0.2) is 48.5 Å². The van der Waals surface area contributed by atoms with Gasteiger partial charge in [0, 0.05) is 18.6 Å². The van der Waals surface area contributed by atoms with Crippen LogP contribution in [0.3, 0.4) is 0 Å². The highest BCUT2D eigenvalue weighted by Gasteiger charge is 2.26. The molecule has 0 aliphatic heterocycles. The van der Waals surface area contributed by atoms with E-state index < -0.39 is 6.04 Å². The van der Waals surface area contributed by atoms with E-state index in [9.17, 15) is 9.59 Å². The zero-order valence-electron chi connectivity index (χ0n) is 15.6. The van der Waals surface area contributed by atoms with Gasteiger partial charge >= 0.3 is 0 Å². The Morgan fingerprint density at radius 3 is 2.37 bits per heavy atom. The molecular formula is C20H23ClN2O4. The number of halogens is 1. The Labute approximate surface area is 164 Å². The minimum atomic E-state index is -0.681. The first-order valence-corrected chi connectivity index (χ1v) is 8.86. The topological polar surface area (TPSA) is 67.9 Å². The molecule has 7 heteroatoms. The lowest BCUT2D eigenvalue weighted by molar-refractivity contribution is -0.142. The first-order chi connectivity index (χ1) is 13.0. The number of benzene rings is 2. The summed E-state index contributed by atoms with van der Waals surface area (Å²) in [6.07, 6.45) is 0. The molecule has 2 amide bonds. The number of hydrogen-bond acceptors (Lipinski definition) is 4. The van der Waals surface area contributed by atoms with E-state index in [1.54, 1.807) is 31.2 Å². The molecule has 0 unspecified atom stereocenters. The lowest BCUT2D eigenvalue weighted by Crippen LogP contribution is -2.48. The van der Waals surface area contributed by atoms with Crippen molar-refractivity contribution >= 4 is 23.4 Å². The van der Waals surface area contributed by atoms with E-state index in [-0.39, 0.29) is 25.0 Å². The van der Waals surface area contributed by atoms with Crippen molar-refractivity contribution in [3.05, 3.63) is 59.1 Å². The van der Waals surface area contributed by atoms with Crippen molar-refractivity contribution in [1.29, 1.82) is 0 Å². The van der Waals surface area contributed by atoms with E-state index in [4.69, 9.17) is 21.1 Å². The summed E-state index contributed by atoms with van der Waals surface area (Å²) in [6, 6.07) is 13.6. The highest BCUT2D eigenvalue weighted by Crippen LogP contribution is 2.26. The lowest BCUT2D eigenvalue weighted by Gasteiger charge is -2.28. The number of carbonyl (C=O) groups excluding carboxylic acids is 2. The van der Waals surface area contributed by atoms with Gasteiger partial charge in [0.25, 0.3) is 5.91 Å². The van der Waals surface area contributed by atoms with E-state index in [0.717, 1.165) is 5.56 Å². The highest BCUT2D eigenvalue weighted by atomic mass is 35.5. The molecule has 0 bridgehead atoms. The molecule has 27 heavy (non-hydrogen) atoms. The molecule has 0 radical (unpaired) electrons. The third-order valence-corrected chi connectivity index (χ3v) is 4.50. The Balaban J connectivity index is 2.17. The van der Waals surface area contributed by atoms with Crippen LogP contribution in [0.4, 0.5) is 0 Å². The number of hydrogen-bond donors (Lipinski definition) is 1. The van der Waals surface area contributed by atoms with Gasteiger partial charge in [-0.25, -0.2) is 0 Å². The van der Waals surface area contributed by atoms with E-state index in [1.807, 2.05) is 24.3 Å². The fourth-order valence-electron chi connectivity index (χ4n) is 2.56. The number of methoxy groups -OCH3 is 1. The van der Waals surface area contributed by atoms with Crippen molar-refractivity contribution in [2.24, 2.45) is 0 Å². The summed E-state index contributed by atoms with van der Waals surface area (Å²) in [7, 11) is 3.06. The summed E-state index contributed by atoms with van der Waals surface area (Å²) < 4.78 is 10.8. The maximum atomic E-state index is 12.8. The normalized spacial score (nSPS) is 11.4. The van der Waals surface area contributed by atoms with Crippen molar-refractivity contribution < 1.29 is 19.1 Å². The zero-order valence-corrected chi connectivity index (χ0v) is 16.3. The number of ether oxygens (including phenoxy) is 2. The van der Waals surface area contributed by atoms with Crippen LogP contribution in [-0.2, 0) is 16.1 Å². The minimum Gasteiger partial charge on any atom is -0.493 e. The van der Waals surface area contributed by atoms with Crippen molar-refractivity contribution in [1.82, 2.24) is 10.2 Å². The van der Waals surface area contributed by atoms with Gasteiger partial charge in [0.15, 0.2) is 18.1 Å². The van der Waals surface area contributed by atoms with Crippen molar-refractivity contribution in [3.63, 3.8) is 0 Å². The second-order valence-corrected chi connectivity index (χ2v) is 6.25. The Morgan fingerprint density at radius 1 is 1.11 bits per heavy atom. The Morgan fingerprint density at radius 2 is 1.74 bits per heavy atom. The Kier molecular flexibility index (Phi) is 7.49. The number of likely N-dealkylation sites (N-methyl/N-ethyl adjacent to an activating group) is 1. The number of carbonyl (C=O) groups is 2. The molecule has 0 heterocycles. The van der Waals surface area contributed by atoms with Crippen molar-refractivity contribution in [3.8, 4) is 11.5 Å². The summed E-state index contributed by atoms with van der Waals surface area (Å²) in [4.78, 5) is 26.4. The fourth-order valence-corrected chi connectivity index (χ4v) is 2.76. The van der Waals surface area contributed by atoms with Gasteiger partial charge in [-0.3, -0.25) is 9.59 Å². The first-order valence-electron chi connectivity index (χ1n) is 8.48. The molecule has 0 aliphatic rings. The summed E-state index contributed by atoms with van der Waals surface area (Å²) >= 11 is 6.22. The summed E-state index contributed by atoms with van der Waals surface area (Å²) in [5, 5.41) is 3.10. The second kappa shape index (κ2) is 9.83. The summed E-state index contributed by atoms with van der Waals surface area (Å²) in [5.41, 5.74) is 0.751. The summed E-state index contributed by atoms with van der Waals surface area (Å²) in [6.45, 7) is 1.63. The van der Waals surface area contributed by atoms with Gasteiger partial charge in [0.05, 0.1) is 7.11 Å². The van der Waals surface area contributed by atoms with Crippen LogP contribution in [0.25, 0.3) is 0 Å². The van der Waals surface area contributed by atoms with Gasteiger partial charge in [0.1, 0.15) is 6.04 Å². The van der Waals surface area contributed by atoms with Crippen LogP contribution in [0, 0.1) is 0 Å². The molecule has 0 aliphatic carbocycles. The van der Waals surface area contributed by atoms with Crippen LogP contribution >= 0.6 is 11.6 Å². The molecule has 0 saturated heterocycles. The highest BCUT2D eigenvalue weighted by molar-refractivity contribution is 6.31. The van der Waals surface area contributed by atoms with Crippen LogP contribution in [-0.4, -0.2) is 43.5 Å². The predicted octanol–water partition coefficient (Wildman–Crippen LogP) is 2.89. The van der Waals surface area contributed by atoms with Crippen molar-refractivity contribution in [2.45, 2.75) is 19.5 Å². The van der Waals surface area contributed by atoms with Gasteiger partial charge in [-0.15, -0.1) is 0 Å². The monoisotopic (exact) mass is 390 g/mol. The lowest BCUT2D eigenvalue weighted by atomic mass is 10.1. The number of nitrogens with zero attached hydrogens (tertiary/aromatic N) is 1. The molecule has 0 aromatic heterocycles. The molecule has 6 nitrogen and oxygen atoms in total. The van der Waals surface area contributed by atoms with Gasteiger partial charge in [-0.1, -0.05) is 41.9 Å². The second-order valence-electron chi connectivity index (χ2n) is 5.84. The molecule has 144 valence electrons. The molecular weight excluding hydrogens is 368 g/mol. The predicted molar refractivity (Wildman–Crippen MR) is 104 cm³/mol. The molecule has 1 N–H and O–H groups in total. The molecule has 2 aromatic rings. The van der Waals surface area contributed by atoms with Gasteiger partial charge in [-0.05, 0) is 30.7 Å². The molecule has 2 rings (SSSR count). The quantitative estimate of drug-likeness (QED) is 0.752. The Hall–Kier alpha value is -2.73. The maximum absolute atomic E-state index is 12.8. The van der Waals surface area contributed by atoms with E-state index >= 15 is 0 Å². The van der Waals surface area contributed by atoms with Crippen LogP contribution in [0.1, 0.15) is 12.5 Å². The van der Waals surface area contributed by atoms with Crippen LogP contribution in [0.2, 0.25) is 5.02 Å². The van der Waals surface area contributed by atoms with Gasteiger partial charge in [0.2, 0.25) is 5.91 Å². The van der Waals surface area contributed by atoms with E-state index in [1.165, 1.54) is 19.1 Å². The Bertz CT molecular complexity index is 797. The number of para-hydroxylation sites is 2. The van der Waals surface area contributed by atoms with E-state index in [2.05, 4.69) is 5.32 Å². The van der Waals surface area contributed by atoms with Crippen molar-refractivity contribution in [2.75, 3.05) is 20.8 Å².